The lowest BCUT2D eigenvalue weighted by molar-refractivity contribution is -0.132. The largest absolute Gasteiger partial charge is 0.360 e. The number of rotatable bonds is 4. The van der Waals surface area contributed by atoms with E-state index in [0.717, 1.165) is 18.5 Å². The quantitative estimate of drug-likeness (QED) is 0.738. The molecule has 1 saturated heterocycles. The van der Waals surface area contributed by atoms with E-state index in [2.05, 4.69) is 15.2 Å². The van der Waals surface area contributed by atoms with E-state index in [1.807, 2.05) is 17.9 Å². The maximum Gasteiger partial charge on any atom is 0.272 e. The first kappa shape index (κ1) is 17.8. The van der Waals surface area contributed by atoms with Gasteiger partial charge in [0.1, 0.15) is 5.76 Å². The summed E-state index contributed by atoms with van der Waals surface area (Å²) < 4.78 is 6.51. The van der Waals surface area contributed by atoms with Gasteiger partial charge in [0.2, 0.25) is 5.91 Å². The van der Waals surface area contributed by atoms with Gasteiger partial charge in [-0.25, -0.2) is 9.50 Å². The Kier molecular flexibility index (Phi) is 4.73. The van der Waals surface area contributed by atoms with Crippen molar-refractivity contribution in [3.63, 3.8) is 0 Å². The van der Waals surface area contributed by atoms with E-state index in [0.29, 0.717) is 48.2 Å². The summed E-state index contributed by atoms with van der Waals surface area (Å²) in [6.07, 6.45) is 2.57. The molecule has 0 bridgehead atoms. The third kappa shape index (κ3) is 3.75. The first-order valence-corrected chi connectivity index (χ1v) is 9.35. The molecule has 142 valence electrons. The molecule has 3 aromatic heterocycles. The molecule has 3 aromatic rings. The number of amides is 1. The topological polar surface area (TPSA) is 96.5 Å². The normalized spacial score (nSPS) is 15.6. The van der Waals surface area contributed by atoms with E-state index in [4.69, 9.17) is 16.1 Å². The standard InChI is InChI=1S/C18H20ClN5O3/c1-11-8-18(26)24-16(20-11)10-14(21-24)12-4-6-23(7-5-12)17(25)3-2-13-9-15(19)22-27-13/h8-10,12,21H,2-7H2,1H3. The minimum Gasteiger partial charge on any atom is -0.360 e. The molecule has 1 N–H and O–H groups in total. The minimum atomic E-state index is -0.108. The van der Waals surface area contributed by atoms with Gasteiger partial charge in [-0.1, -0.05) is 16.8 Å². The van der Waals surface area contributed by atoms with E-state index >= 15 is 0 Å². The van der Waals surface area contributed by atoms with Gasteiger partial charge in [0.05, 0.1) is 0 Å². The second-order valence-electron chi connectivity index (χ2n) is 6.91. The molecule has 1 amide bonds. The van der Waals surface area contributed by atoms with Crippen LogP contribution in [0.5, 0.6) is 0 Å². The van der Waals surface area contributed by atoms with Crippen LogP contribution in [0, 0.1) is 6.92 Å². The predicted molar refractivity (Wildman–Crippen MR) is 98.9 cm³/mol. The van der Waals surface area contributed by atoms with Crippen LogP contribution in [0.25, 0.3) is 5.65 Å². The van der Waals surface area contributed by atoms with Crippen molar-refractivity contribution in [3.8, 4) is 0 Å². The van der Waals surface area contributed by atoms with Gasteiger partial charge in [-0.2, -0.15) is 0 Å². The molecular formula is C18H20ClN5O3. The number of H-pyrrole nitrogens is 1. The summed E-state index contributed by atoms with van der Waals surface area (Å²) in [5.74, 6) is 1.00. The van der Waals surface area contributed by atoms with Crippen molar-refractivity contribution in [3.05, 3.63) is 50.9 Å². The zero-order valence-corrected chi connectivity index (χ0v) is 15.7. The van der Waals surface area contributed by atoms with Crippen LogP contribution in [-0.4, -0.2) is 43.7 Å². The highest BCUT2D eigenvalue weighted by Gasteiger charge is 2.25. The summed E-state index contributed by atoms with van der Waals surface area (Å²) in [6.45, 7) is 3.19. The van der Waals surface area contributed by atoms with Crippen molar-refractivity contribution in [2.45, 2.75) is 38.5 Å². The van der Waals surface area contributed by atoms with Crippen LogP contribution in [0.4, 0.5) is 0 Å². The van der Waals surface area contributed by atoms with E-state index in [-0.39, 0.29) is 17.4 Å². The summed E-state index contributed by atoms with van der Waals surface area (Å²) in [5.41, 5.74) is 2.23. The van der Waals surface area contributed by atoms with Crippen LogP contribution in [0.15, 0.2) is 27.5 Å². The molecule has 0 radical (unpaired) electrons. The number of likely N-dealkylation sites (tertiary alicyclic amines) is 1. The van der Waals surface area contributed by atoms with Gasteiger partial charge in [0.25, 0.3) is 5.56 Å². The Labute approximate surface area is 160 Å². The Bertz CT molecular complexity index is 1030. The number of carbonyl (C=O) groups excluding carboxylic acids is 1. The first-order valence-electron chi connectivity index (χ1n) is 8.98. The number of piperidine rings is 1. The van der Waals surface area contributed by atoms with E-state index in [1.54, 1.807) is 6.07 Å². The van der Waals surface area contributed by atoms with Crippen LogP contribution in [0.1, 0.15) is 42.3 Å². The first-order chi connectivity index (χ1) is 13.0. The summed E-state index contributed by atoms with van der Waals surface area (Å²) in [5, 5.41) is 7.08. The smallest absolute Gasteiger partial charge is 0.272 e. The lowest BCUT2D eigenvalue weighted by atomic mass is 9.93. The van der Waals surface area contributed by atoms with E-state index < -0.39 is 0 Å². The molecule has 1 aliphatic rings. The molecule has 1 fully saturated rings. The lowest BCUT2D eigenvalue weighted by Gasteiger charge is -2.31. The molecular weight excluding hydrogens is 370 g/mol. The zero-order chi connectivity index (χ0) is 19.0. The summed E-state index contributed by atoms with van der Waals surface area (Å²) in [4.78, 5) is 30.7. The Morgan fingerprint density at radius 2 is 2.11 bits per heavy atom. The van der Waals surface area contributed by atoms with Crippen LogP contribution in [0.3, 0.4) is 0 Å². The van der Waals surface area contributed by atoms with E-state index in [9.17, 15) is 9.59 Å². The third-order valence-corrected chi connectivity index (χ3v) is 5.18. The fourth-order valence-corrected chi connectivity index (χ4v) is 3.73. The minimum absolute atomic E-state index is 0.103. The number of aromatic amines is 1. The van der Waals surface area contributed by atoms with Crippen molar-refractivity contribution in [2.24, 2.45) is 0 Å². The van der Waals surface area contributed by atoms with Gasteiger partial charge in [0, 0.05) is 61.4 Å². The number of nitrogens with one attached hydrogen (secondary N) is 1. The average Bonchev–Trinajstić information content (AvgIpc) is 3.26. The molecule has 0 spiro atoms. The maximum absolute atomic E-state index is 12.4. The van der Waals surface area contributed by atoms with Gasteiger partial charge in [-0.15, -0.1) is 0 Å². The summed E-state index contributed by atoms with van der Waals surface area (Å²) >= 11 is 5.72. The Morgan fingerprint density at radius 3 is 2.81 bits per heavy atom. The van der Waals surface area contributed by atoms with Crippen LogP contribution < -0.4 is 5.56 Å². The number of aromatic nitrogens is 4. The molecule has 0 aromatic carbocycles. The number of carbonyl (C=O) groups is 1. The van der Waals surface area contributed by atoms with Crippen molar-refractivity contribution in [2.75, 3.05) is 13.1 Å². The maximum atomic E-state index is 12.4. The highest BCUT2D eigenvalue weighted by molar-refractivity contribution is 6.29. The lowest BCUT2D eigenvalue weighted by Crippen LogP contribution is -2.38. The van der Waals surface area contributed by atoms with Gasteiger partial charge < -0.3 is 9.42 Å². The fraction of sp³-hybridized carbons (Fsp3) is 0.444. The molecule has 0 saturated carbocycles. The van der Waals surface area contributed by atoms with Gasteiger partial charge >= 0.3 is 0 Å². The predicted octanol–water partition coefficient (Wildman–Crippen LogP) is 2.31. The monoisotopic (exact) mass is 389 g/mol. The molecule has 4 rings (SSSR count). The molecule has 0 aliphatic carbocycles. The van der Waals surface area contributed by atoms with Crippen LogP contribution >= 0.6 is 11.6 Å². The number of aryl methyl sites for hydroxylation is 2. The number of nitrogens with zero attached hydrogens (tertiary/aromatic N) is 4. The molecule has 1 aliphatic heterocycles. The van der Waals surface area contributed by atoms with Gasteiger partial charge in [0.15, 0.2) is 10.8 Å². The Morgan fingerprint density at radius 1 is 1.33 bits per heavy atom. The second-order valence-corrected chi connectivity index (χ2v) is 7.30. The SMILES string of the molecule is Cc1cc(=O)n2[nH]c(C3CCN(C(=O)CCc4cc(Cl)no4)CC3)cc2n1. The summed E-state index contributed by atoms with van der Waals surface area (Å²) in [6, 6.07) is 5.08. The van der Waals surface area contributed by atoms with Gasteiger partial charge in [-0.05, 0) is 19.8 Å². The molecule has 4 heterocycles. The Balaban J connectivity index is 1.36. The summed E-state index contributed by atoms with van der Waals surface area (Å²) in [7, 11) is 0. The van der Waals surface area contributed by atoms with Crippen LogP contribution in [-0.2, 0) is 11.2 Å². The third-order valence-electron chi connectivity index (χ3n) is 5.00. The van der Waals surface area contributed by atoms with Gasteiger partial charge in [-0.3, -0.25) is 14.7 Å². The Hall–Kier alpha value is -2.61. The second kappa shape index (κ2) is 7.19. The van der Waals surface area contributed by atoms with Crippen molar-refractivity contribution in [1.82, 2.24) is 24.7 Å². The van der Waals surface area contributed by atoms with Crippen molar-refractivity contribution < 1.29 is 9.32 Å². The van der Waals surface area contributed by atoms with Crippen molar-refractivity contribution >= 4 is 23.2 Å². The highest BCUT2D eigenvalue weighted by Crippen LogP contribution is 2.27. The van der Waals surface area contributed by atoms with Crippen molar-refractivity contribution in [1.29, 1.82) is 0 Å². The molecule has 9 heteroatoms. The molecule has 8 nitrogen and oxygen atoms in total. The molecule has 0 unspecified atom stereocenters. The van der Waals surface area contributed by atoms with E-state index in [1.165, 1.54) is 10.6 Å². The van der Waals surface area contributed by atoms with Crippen LogP contribution in [0.2, 0.25) is 5.15 Å². The average molecular weight is 390 g/mol. The fourth-order valence-electron chi connectivity index (χ4n) is 3.57. The number of hydrogen-bond donors (Lipinski definition) is 1. The highest BCUT2D eigenvalue weighted by atomic mass is 35.5. The number of halogens is 1. The zero-order valence-electron chi connectivity index (χ0n) is 14.9. The molecule has 27 heavy (non-hydrogen) atoms. The molecule has 0 atom stereocenters. The number of hydrogen-bond acceptors (Lipinski definition) is 5. The number of fused-ring (bicyclic) bond motifs is 1.